The summed E-state index contributed by atoms with van der Waals surface area (Å²) in [5.74, 6) is 0. The van der Waals surface area contributed by atoms with Crippen molar-refractivity contribution in [2.24, 2.45) is 0 Å². The van der Waals surface area contributed by atoms with Gasteiger partial charge in [0.1, 0.15) is 0 Å². The van der Waals surface area contributed by atoms with Crippen molar-refractivity contribution in [3.05, 3.63) is 69.3 Å². The van der Waals surface area contributed by atoms with Gasteiger partial charge >= 0.3 is 0 Å². The Bertz CT molecular complexity index is 908. The Morgan fingerprint density at radius 2 is 1.73 bits per heavy atom. The highest BCUT2D eigenvalue weighted by atomic mass is 32.2. The van der Waals surface area contributed by atoms with Gasteiger partial charge < -0.3 is 0 Å². The van der Waals surface area contributed by atoms with Crippen molar-refractivity contribution in [1.82, 2.24) is 4.72 Å². The van der Waals surface area contributed by atoms with E-state index in [1.807, 2.05) is 13.0 Å². The molecule has 0 heterocycles. The zero-order valence-corrected chi connectivity index (χ0v) is 15.5. The van der Waals surface area contributed by atoms with E-state index in [1.165, 1.54) is 48.2 Å². The molecule has 0 saturated heterocycles. The summed E-state index contributed by atoms with van der Waals surface area (Å²) < 4.78 is 28.1. The van der Waals surface area contributed by atoms with E-state index in [-0.39, 0.29) is 16.6 Å². The molecule has 1 atom stereocenters. The maximum atomic E-state index is 12.7. The molecule has 0 bridgehead atoms. The Morgan fingerprint density at radius 3 is 2.35 bits per heavy atom. The van der Waals surface area contributed by atoms with Gasteiger partial charge in [-0.3, -0.25) is 10.1 Å². The zero-order valence-electron chi connectivity index (χ0n) is 14.6. The van der Waals surface area contributed by atoms with E-state index in [1.54, 1.807) is 0 Å². The lowest BCUT2D eigenvalue weighted by molar-refractivity contribution is -0.384. The summed E-state index contributed by atoms with van der Waals surface area (Å²) in [6.07, 6.45) is 5.11. The Labute approximate surface area is 153 Å². The molecule has 0 aromatic heterocycles. The van der Waals surface area contributed by atoms with Crippen LogP contribution in [0.1, 0.15) is 48.9 Å². The second-order valence-electron chi connectivity index (χ2n) is 6.57. The lowest BCUT2D eigenvalue weighted by atomic mass is 9.89. The first-order valence-corrected chi connectivity index (χ1v) is 10.3. The third-order valence-electron chi connectivity index (χ3n) is 4.84. The van der Waals surface area contributed by atoms with Gasteiger partial charge in [-0.25, -0.2) is 13.1 Å². The van der Waals surface area contributed by atoms with Gasteiger partial charge in [-0.05, 0) is 60.9 Å². The highest BCUT2D eigenvalue weighted by Gasteiger charge is 2.22. The SMILES string of the molecule is CC[C@@H](NS(=O)(=O)c1ccc([N+](=O)[O-])cc1)c1ccc2c(c1)CCCC2. The van der Waals surface area contributed by atoms with E-state index in [0.717, 1.165) is 18.4 Å². The van der Waals surface area contributed by atoms with Crippen LogP contribution in [0.2, 0.25) is 0 Å². The Hall–Kier alpha value is -2.25. The van der Waals surface area contributed by atoms with E-state index in [2.05, 4.69) is 16.9 Å². The van der Waals surface area contributed by atoms with E-state index < -0.39 is 14.9 Å². The van der Waals surface area contributed by atoms with Crippen LogP contribution in [-0.2, 0) is 22.9 Å². The van der Waals surface area contributed by atoms with Gasteiger partial charge in [0.2, 0.25) is 10.0 Å². The van der Waals surface area contributed by atoms with Crippen molar-refractivity contribution >= 4 is 15.7 Å². The van der Waals surface area contributed by atoms with Gasteiger partial charge in [-0.15, -0.1) is 0 Å². The first kappa shape index (κ1) is 18.5. The average Bonchev–Trinajstić information content (AvgIpc) is 2.65. The average molecular weight is 374 g/mol. The third-order valence-corrected chi connectivity index (χ3v) is 6.33. The fraction of sp³-hybridized carbons (Fsp3) is 0.368. The van der Waals surface area contributed by atoms with Crippen LogP contribution in [0, 0.1) is 10.1 Å². The maximum Gasteiger partial charge on any atom is 0.269 e. The minimum atomic E-state index is -3.76. The van der Waals surface area contributed by atoms with E-state index in [0.29, 0.717) is 6.42 Å². The van der Waals surface area contributed by atoms with Gasteiger partial charge in [0.05, 0.1) is 9.82 Å². The molecule has 0 fully saturated rings. The number of aryl methyl sites for hydroxylation is 2. The second-order valence-corrected chi connectivity index (χ2v) is 8.28. The standard InChI is InChI=1S/C19H22N2O4S/c1-2-19(16-8-7-14-5-3-4-6-15(14)13-16)20-26(24,25)18-11-9-17(10-12-18)21(22)23/h7-13,19-20H,2-6H2,1H3/t19-/m1/s1. The number of fused-ring (bicyclic) bond motifs is 1. The van der Waals surface area contributed by atoms with Crippen molar-refractivity contribution in [2.45, 2.75) is 50.0 Å². The number of sulfonamides is 1. The van der Waals surface area contributed by atoms with Crippen molar-refractivity contribution in [1.29, 1.82) is 0 Å². The number of benzene rings is 2. The van der Waals surface area contributed by atoms with Crippen molar-refractivity contribution in [3.8, 4) is 0 Å². The fourth-order valence-corrected chi connectivity index (χ4v) is 4.67. The highest BCUT2D eigenvalue weighted by Crippen LogP contribution is 2.27. The quantitative estimate of drug-likeness (QED) is 0.613. The van der Waals surface area contributed by atoms with Gasteiger partial charge in [0.25, 0.3) is 5.69 Å². The molecule has 2 aromatic rings. The van der Waals surface area contributed by atoms with Crippen LogP contribution in [0.5, 0.6) is 0 Å². The molecule has 1 N–H and O–H groups in total. The van der Waals surface area contributed by atoms with Crippen LogP contribution in [-0.4, -0.2) is 13.3 Å². The fourth-order valence-electron chi connectivity index (χ4n) is 3.36. The summed E-state index contributed by atoms with van der Waals surface area (Å²) in [5.41, 5.74) is 3.49. The highest BCUT2D eigenvalue weighted by molar-refractivity contribution is 7.89. The number of nitro groups is 1. The van der Waals surface area contributed by atoms with Gasteiger partial charge in [-0.1, -0.05) is 25.1 Å². The summed E-state index contributed by atoms with van der Waals surface area (Å²) in [6.45, 7) is 1.93. The van der Waals surface area contributed by atoms with E-state index in [4.69, 9.17) is 0 Å². The van der Waals surface area contributed by atoms with Crippen LogP contribution < -0.4 is 4.72 Å². The summed E-state index contributed by atoms with van der Waals surface area (Å²) >= 11 is 0. The summed E-state index contributed by atoms with van der Waals surface area (Å²) in [6, 6.07) is 10.8. The molecule has 3 rings (SSSR count). The lowest BCUT2D eigenvalue weighted by Crippen LogP contribution is -2.28. The molecule has 26 heavy (non-hydrogen) atoms. The van der Waals surface area contributed by atoms with Crippen LogP contribution in [0.4, 0.5) is 5.69 Å². The molecule has 0 aliphatic heterocycles. The third kappa shape index (κ3) is 3.94. The molecule has 1 aliphatic rings. The summed E-state index contributed by atoms with van der Waals surface area (Å²) in [7, 11) is -3.76. The number of nitrogens with zero attached hydrogens (tertiary/aromatic N) is 1. The normalized spacial score (nSPS) is 15.3. The van der Waals surface area contributed by atoms with Crippen LogP contribution in [0.15, 0.2) is 47.4 Å². The first-order valence-electron chi connectivity index (χ1n) is 8.79. The van der Waals surface area contributed by atoms with Crippen LogP contribution in [0.25, 0.3) is 0 Å². The molecule has 0 spiro atoms. The molecular formula is C19H22N2O4S. The molecule has 7 heteroatoms. The predicted molar refractivity (Wildman–Crippen MR) is 99.5 cm³/mol. The molecule has 0 amide bonds. The van der Waals surface area contributed by atoms with Crippen molar-refractivity contribution in [2.75, 3.05) is 0 Å². The second kappa shape index (κ2) is 7.55. The molecule has 0 unspecified atom stereocenters. The molecule has 0 radical (unpaired) electrons. The summed E-state index contributed by atoms with van der Waals surface area (Å²) in [5, 5.41) is 10.7. The van der Waals surface area contributed by atoms with Crippen molar-refractivity contribution < 1.29 is 13.3 Å². The Morgan fingerprint density at radius 1 is 1.08 bits per heavy atom. The first-order chi connectivity index (χ1) is 12.4. The minimum absolute atomic E-state index is 0.0273. The number of nitro benzene ring substituents is 1. The monoisotopic (exact) mass is 374 g/mol. The molecule has 6 nitrogen and oxygen atoms in total. The molecule has 138 valence electrons. The smallest absolute Gasteiger partial charge is 0.258 e. The van der Waals surface area contributed by atoms with Gasteiger partial charge in [0, 0.05) is 18.2 Å². The lowest BCUT2D eigenvalue weighted by Gasteiger charge is -2.21. The van der Waals surface area contributed by atoms with E-state index >= 15 is 0 Å². The number of hydrogen-bond acceptors (Lipinski definition) is 4. The Kier molecular flexibility index (Phi) is 5.38. The van der Waals surface area contributed by atoms with Crippen molar-refractivity contribution in [3.63, 3.8) is 0 Å². The minimum Gasteiger partial charge on any atom is -0.258 e. The maximum absolute atomic E-state index is 12.7. The number of non-ortho nitro benzene ring substituents is 1. The number of nitrogens with one attached hydrogen (secondary N) is 1. The largest absolute Gasteiger partial charge is 0.269 e. The number of rotatable bonds is 6. The molecule has 2 aromatic carbocycles. The molecule has 1 aliphatic carbocycles. The predicted octanol–water partition coefficient (Wildman–Crippen LogP) is 3.90. The zero-order chi connectivity index (χ0) is 18.7. The topological polar surface area (TPSA) is 89.3 Å². The summed E-state index contributed by atoms with van der Waals surface area (Å²) in [4.78, 5) is 10.2. The molecule has 0 saturated carbocycles. The van der Waals surface area contributed by atoms with E-state index in [9.17, 15) is 18.5 Å². The molecular weight excluding hydrogens is 352 g/mol. The van der Waals surface area contributed by atoms with Crippen LogP contribution in [0.3, 0.4) is 0 Å². The van der Waals surface area contributed by atoms with Crippen LogP contribution >= 0.6 is 0 Å². The Balaban J connectivity index is 1.83. The van der Waals surface area contributed by atoms with Gasteiger partial charge in [-0.2, -0.15) is 0 Å². The number of hydrogen-bond donors (Lipinski definition) is 1. The van der Waals surface area contributed by atoms with Gasteiger partial charge in [0.15, 0.2) is 0 Å².